The zero-order valence-electron chi connectivity index (χ0n) is 11.3. The van der Waals surface area contributed by atoms with Crippen molar-refractivity contribution in [2.75, 3.05) is 6.54 Å². The van der Waals surface area contributed by atoms with Crippen LogP contribution >= 0.6 is 0 Å². The second kappa shape index (κ2) is 5.43. The Morgan fingerprint density at radius 2 is 1.84 bits per heavy atom. The molecule has 2 unspecified atom stereocenters. The van der Waals surface area contributed by atoms with Gasteiger partial charge in [0.05, 0.1) is 11.8 Å². The van der Waals surface area contributed by atoms with Gasteiger partial charge < -0.3 is 10.4 Å². The van der Waals surface area contributed by atoms with Crippen LogP contribution in [0.2, 0.25) is 0 Å². The van der Waals surface area contributed by atoms with Gasteiger partial charge in [0.1, 0.15) is 0 Å². The molecule has 1 aliphatic rings. The molecular weight excluding hydrogens is 242 g/mol. The minimum atomic E-state index is -0.866. The Labute approximate surface area is 112 Å². The van der Waals surface area contributed by atoms with Crippen molar-refractivity contribution in [2.45, 2.75) is 26.7 Å². The van der Waals surface area contributed by atoms with Crippen LogP contribution in [-0.2, 0) is 16.0 Å². The van der Waals surface area contributed by atoms with Crippen LogP contribution in [0.3, 0.4) is 0 Å². The second-order valence-electron chi connectivity index (χ2n) is 5.32. The Balaban J connectivity index is 1.78. The summed E-state index contributed by atoms with van der Waals surface area (Å²) in [5.41, 5.74) is 3.63. The minimum absolute atomic E-state index is 0.128. The summed E-state index contributed by atoms with van der Waals surface area (Å²) in [5.74, 6) is -1.79. The molecule has 1 aromatic rings. The van der Waals surface area contributed by atoms with Crippen LogP contribution < -0.4 is 5.32 Å². The Morgan fingerprint density at radius 3 is 2.37 bits per heavy atom. The normalized spacial score (nSPS) is 20.9. The molecule has 4 nitrogen and oxygen atoms in total. The number of aryl methyl sites for hydroxylation is 2. The topological polar surface area (TPSA) is 66.4 Å². The van der Waals surface area contributed by atoms with Crippen molar-refractivity contribution >= 4 is 11.9 Å². The van der Waals surface area contributed by atoms with Gasteiger partial charge in [-0.05, 0) is 32.3 Å². The van der Waals surface area contributed by atoms with E-state index < -0.39 is 11.9 Å². The molecule has 1 aliphatic carbocycles. The smallest absolute Gasteiger partial charge is 0.307 e. The van der Waals surface area contributed by atoms with Crippen LogP contribution in [0.15, 0.2) is 18.2 Å². The first-order valence-corrected chi connectivity index (χ1v) is 6.55. The van der Waals surface area contributed by atoms with Gasteiger partial charge in [0.25, 0.3) is 0 Å². The van der Waals surface area contributed by atoms with E-state index in [9.17, 15) is 9.59 Å². The van der Waals surface area contributed by atoms with E-state index in [0.29, 0.717) is 13.0 Å². The van der Waals surface area contributed by atoms with Gasteiger partial charge in [0.2, 0.25) is 5.91 Å². The summed E-state index contributed by atoms with van der Waals surface area (Å²) in [6.45, 7) is 4.66. The van der Waals surface area contributed by atoms with Gasteiger partial charge in [0.15, 0.2) is 0 Å². The molecule has 2 atom stereocenters. The maximum absolute atomic E-state index is 11.7. The van der Waals surface area contributed by atoms with Crippen molar-refractivity contribution in [1.29, 1.82) is 0 Å². The molecule has 0 spiro atoms. The highest BCUT2D eigenvalue weighted by molar-refractivity contribution is 5.89. The van der Waals surface area contributed by atoms with E-state index in [1.54, 1.807) is 0 Å². The number of carbonyl (C=O) groups is 2. The summed E-state index contributed by atoms with van der Waals surface area (Å²) in [5, 5.41) is 11.6. The Bertz CT molecular complexity index is 490. The molecule has 19 heavy (non-hydrogen) atoms. The Hall–Kier alpha value is -1.84. The predicted octanol–water partition coefficient (Wildman–Crippen LogP) is 1.68. The molecule has 0 heterocycles. The van der Waals surface area contributed by atoms with E-state index in [-0.39, 0.29) is 11.8 Å². The molecular formula is C15H19NO3. The molecule has 0 aromatic heterocycles. The number of hydrogen-bond donors (Lipinski definition) is 2. The second-order valence-corrected chi connectivity index (χ2v) is 5.32. The van der Waals surface area contributed by atoms with Crippen molar-refractivity contribution in [1.82, 2.24) is 5.32 Å². The highest BCUT2D eigenvalue weighted by Crippen LogP contribution is 2.38. The van der Waals surface area contributed by atoms with E-state index >= 15 is 0 Å². The molecule has 2 N–H and O–H groups in total. The predicted molar refractivity (Wildman–Crippen MR) is 71.9 cm³/mol. The lowest BCUT2D eigenvalue weighted by Gasteiger charge is -2.06. The van der Waals surface area contributed by atoms with E-state index in [2.05, 4.69) is 37.4 Å². The molecule has 0 saturated heterocycles. The van der Waals surface area contributed by atoms with Gasteiger partial charge in [-0.25, -0.2) is 0 Å². The first-order chi connectivity index (χ1) is 8.97. The van der Waals surface area contributed by atoms with Crippen LogP contribution in [0, 0.1) is 25.7 Å². The third-order valence-electron chi connectivity index (χ3n) is 3.44. The Morgan fingerprint density at radius 1 is 1.21 bits per heavy atom. The minimum Gasteiger partial charge on any atom is -0.481 e. The third-order valence-corrected chi connectivity index (χ3v) is 3.44. The van der Waals surface area contributed by atoms with Crippen LogP contribution in [0.4, 0.5) is 0 Å². The largest absolute Gasteiger partial charge is 0.481 e. The molecule has 1 amide bonds. The van der Waals surface area contributed by atoms with Crippen LogP contribution in [0.1, 0.15) is 23.1 Å². The molecule has 4 heteroatoms. The first-order valence-electron chi connectivity index (χ1n) is 6.55. The molecule has 2 rings (SSSR count). The average Bonchev–Trinajstić information content (AvgIpc) is 3.07. The number of benzene rings is 1. The summed E-state index contributed by atoms with van der Waals surface area (Å²) < 4.78 is 0. The number of carbonyl (C=O) groups excluding carboxylic acids is 1. The Kier molecular flexibility index (Phi) is 3.88. The third kappa shape index (κ3) is 3.56. The number of rotatable bonds is 5. The summed E-state index contributed by atoms with van der Waals surface area (Å²) in [7, 11) is 0. The molecule has 0 aliphatic heterocycles. The number of hydrogen-bond acceptors (Lipinski definition) is 2. The van der Waals surface area contributed by atoms with Gasteiger partial charge in [-0.2, -0.15) is 0 Å². The van der Waals surface area contributed by atoms with Crippen LogP contribution in [0.25, 0.3) is 0 Å². The lowest BCUT2D eigenvalue weighted by molar-refractivity contribution is -0.140. The highest BCUT2D eigenvalue weighted by atomic mass is 16.4. The van der Waals surface area contributed by atoms with Crippen molar-refractivity contribution in [3.63, 3.8) is 0 Å². The lowest BCUT2D eigenvalue weighted by atomic mass is 10.1. The van der Waals surface area contributed by atoms with Gasteiger partial charge >= 0.3 is 5.97 Å². The molecule has 1 aromatic carbocycles. The van der Waals surface area contributed by atoms with Gasteiger partial charge in [-0.3, -0.25) is 9.59 Å². The molecule has 0 radical (unpaired) electrons. The maximum Gasteiger partial charge on any atom is 0.307 e. The zero-order valence-corrected chi connectivity index (χ0v) is 11.3. The molecule has 1 saturated carbocycles. The quantitative estimate of drug-likeness (QED) is 0.847. The van der Waals surface area contributed by atoms with E-state index in [1.807, 2.05) is 0 Å². The van der Waals surface area contributed by atoms with Crippen molar-refractivity contribution in [3.05, 3.63) is 34.9 Å². The van der Waals surface area contributed by atoms with E-state index in [4.69, 9.17) is 5.11 Å². The summed E-state index contributed by atoms with van der Waals surface area (Å²) in [6, 6.07) is 6.33. The summed E-state index contributed by atoms with van der Waals surface area (Å²) in [4.78, 5) is 22.3. The zero-order chi connectivity index (χ0) is 14.0. The number of nitrogens with one attached hydrogen (secondary N) is 1. The average molecular weight is 261 g/mol. The van der Waals surface area contributed by atoms with Crippen molar-refractivity contribution in [2.24, 2.45) is 11.8 Å². The molecule has 0 bridgehead atoms. The van der Waals surface area contributed by atoms with Gasteiger partial charge in [0, 0.05) is 6.54 Å². The highest BCUT2D eigenvalue weighted by Gasteiger charge is 2.48. The van der Waals surface area contributed by atoms with Crippen molar-refractivity contribution < 1.29 is 14.7 Å². The number of carboxylic acids is 1. The maximum atomic E-state index is 11.7. The monoisotopic (exact) mass is 261 g/mol. The molecule has 1 fully saturated rings. The van der Waals surface area contributed by atoms with Gasteiger partial charge in [-0.15, -0.1) is 0 Å². The SMILES string of the molecule is Cc1cc(C)cc(CCNC(=O)C2CC2C(=O)O)c1. The summed E-state index contributed by atoms with van der Waals surface area (Å²) in [6.07, 6.45) is 1.25. The fraction of sp³-hybridized carbons (Fsp3) is 0.467. The van der Waals surface area contributed by atoms with E-state index in [1.165, 1.54) is 16.7 Å². The van der Waals surface area contributed by atoms with Crippen LogP contribution in [0.5, 0.6) is 0 Å². The summed E-state index contributed by atoms with van der Waals surface area (Å²) >= 11 is 0. The van der Waals surface area contributed by atoms with E-state index in [0.717, 1.165) is 6.42 Å². The van der Waals surface area contributed by atoms with Crippen LogP contribution in [-0.4, -0.2) is 23.5 Å². The molecule has 102 valence electrons. The first kappa shape index (κ1) is 13.6. The van der Waals surface area contributed by atoms with Crippen molar-refractivity contribution in [3.8, 4) is 0 Å². The lowest BCUT2D eigenvalue weighted by Crippen LogP contribution is -2.28. The standard InChI is InChI=1S/C15H19NO3/c1-9-5-10(2)7-11(6-9)3-4-16-14(17)12-8-13(12)15(18)19/h5-7,12-13H,3-4,8H2,1-2H3,(H,16,17)(H,18,19). The van der Waals surface area contributed by atoms with Gasteiger partial charge in [-0.1, -0.05) is 29.3 Å². The fourth-order valence-corrected chi connectivity index (χ4v) is 2.43. The number of aliphatic carboxylic acids is 1. The number of amides is 1. The fourth-order valence-electron chi connectivity index (χ4n) is 2.43. The number of carboxylic acid groups (broad SMARTS) is 1.